The largest absolute Gasteiger partial charge is 0.346 e. The molecule has 0 saturated heterocycles. The number of hydrogen-bond donors (Lipinski definition) is 2. The highest BCUT2D eigenvalue weighted by atomic mass is 32.1. The summed E-state index contributed by atoms with van der Waals surface area (Å²) in [6.45, 7) is 0.464. The molecule has 4 nitrogen and oxygen atoms in total. The van der Waals surface area contributed by atoms with Crippen LogP contribution in [0.15, 0.2) is 41.4 Å². The van der Waals surface area contributed by atoms with Gasteiger partial charge in [0.2, 0.25) is 0 Å². The molecule has 17 heavy (non-hydrogen) atoms. The van der Waals surface area contributed by atoms with E-state index >= 15 is 0 Å². The van der Waals surface area contributed by atoms with E-state index in [9.17, 15) is 4.79 Å². The van der Waals surface area contributed by atoms with E-state index in [2.05, 4.69) is 23.0 Å². The lowest BCUT2D eigenvalue weighted by molar-refractivity contribution is 0.0950. The fourth-order valence-corrected chi connectivity index (χ4v) is 1.72. The Bertz CT molecular complexity index is 536. The first kappa shape index (κ1) is 11.7. The second kappa shape index (κ2) is 5.05. The van der Waals surface area contributed by atoms with Crippen molar-refractivity contribution in [1.29, 1.82) is 0 Å². The lowest BCUT2D eigenvalue weighted by Crippen LogP contribution is -2.24. The summed E-state index contributed by atoms with van der Waals surface area (Å²) in [5, 5.41) is 6.87. The fraction of sp³-hybridized carbons (Fsp3) is 0.167. The van der Waals surface area contributed by atoms with Crippen molar-refractivity contribution in [3.63, 3.8) is 0 Å². The van der Waals surface area contributed by atoms with Crippen molar-refractivity contribution in [1.82, 2.24) is 15.1 Å². The van der Waals surface area contributed by atoms with Crippen LogP contribution in [0.2, 0.25) is 0 Å². The van der Waals surface area contributed by atoms with Gasteiger partial charge in [0.05, 0.1) is 12.2 Å². The van der Waals surface area contributed by atoms with Gasteiger partial charge in [-0.2, -0.15) is 5.10 Å². The van der Waals surface area contributed by atoms with Crippen LogP contribution in [0.3, 0.4) is 0 Å². The summed E-state index contributed by atoms with van der Waals surface area (Å²) in [5.41, 5.74) is 1.57. The third-order valence-electron chi connectivity index (χ3n) is 2.46. The van der Waals surface area contributed by atoms with Crippen LogP contribution in [0, 0.1) is 0 Å². The Morgan fingerprint density at radius 3 is 2.94 bits per heavy atom. The maximum absolute atomic E-state index is 11.8. The Hall–Kier alpha value is -1.75. The van der Waals surface area contributed by atoms with Gasteiger partial charge in [-0.25, -0.2) is 0 Å². The van der Waals surface area contributed by atoms with Gasteiger partial charge in [-0.1, -0.05) is 6.07 Å². The molecule has 5 heteroatoms. The monoisotopic (exact) mass is 247 g/mol. The molecule has 0 radical (unpaired) electrons. The van der Waals surface area contributed by atoms with Gasteiger partial charge in [-0.15, -0.1) is 12.6 Å². The van der Waals surface area contributed by atoms with Crippen LogP contribution < -0.4 is 5.32 Å². The summed E-state index contributed by atoms with van der Waals surface area (Å²) >= 11 is 4.20. The lowest BCUT2D eigenvalue weighted by atomic mass is 10.2. The van der Waals surface area contributed by atoms with E-state index in [0.29, 0.717) is 12.1 Å². The number of amides is 1. The van der Waals surface area contributed by atoms with E-state index in [0.717, 1.165) is 10.6 Å². The van der Waals surface area contributed by atoms with E-state index in [1.54, 1.807) is 29.1 Å². The first-order valence-electron chi connectivity index (χ1n) is 5.21. The molecule has 0 aliphatic heterocycles. The highest BCUT2D eigenvalue weighted by Crippen LogP contribution is 2.08. The Balaban J connectivity index is 2.01. The summed E-state index contributed by atoms with van der Waals surface area (Å²) in [5.74, 6) is -0.109. The number of benzene rings is 1. The molecule has 0 aliphatic rings. The number of nitrogens with one attached hydrogen (secondary N) is 1. The second-order valence-electron chi connectivity index (χ2n) is 3.68. The van der Waals surface area contributed by atoms with Gasteiger partial charge in [0.25, 0.3) is 5.91 Å². The zero-order valence-corrected chi connectivity index (χ0v) is 10.3. The number of thiol groups is 1. The highest BCUT2D eigenvalue weighted by molar-refractivity contribution is 7.80. The topological polar surface area (TPSA) is 46.9 Å². The molecule has 0 atom stereocenters. The van der Waals surface area contributed by atoms with Crippen LogP contribution in [-0.4, -0.2) is 15.7 Å². The first-order chi connectivity index (χ1) is 8.16. The lowest BCUT2D eigenvalue weighted by Gasteiger charge is -2.05. The van der Waals surface area contributed by atoms with Gasteiger partial charge < -0.3 is 5.32 Å². The minimum absolute atomic E-state index is 0.109. The molecule has 0 bridgehead atoms. The number of rotatable bonds is 3. The molecule has 0 unspecified atom stereocenters. The van der Waals surface area contributed by atoms with Crippen LogP contribution in [0.5, 0.6) is 0 Å². The fourth-order valence-electron chi connectivity index (χ4n) is 1.49. The molecular weight excluding hydrogens is 234 g/mol. The predicted octanol–water partition coefficient (Wildman–Crippen LogP) is 1.64. The Labute approximate surface area is 105 Å². The molecule has 1 aromatic carbocycles. The number of carbonyl (C=O) groups excluding carboxylic acids is 1. The number of aryl methyl sites for hydroxylation is 1. The van der Waals surface area contributed by atoms with E-state index in [1.165, 1.54) is 0 Å². The van der Waals surface area contributed by atoms with Crippen LogP contribution >= 0.6 is 12.6 Å². The maximum Gasteiger partial charge on any atom is 0.251 e. The zero-order chi connectivity index (χ0) is 12.3. The predicted molar refractivity (Wildman–Crippen MR) is 68.1 cm³/mol. The van der Waals surface area contributed by atoms with Gasteiger partial charge in [0, 0.05) is 23.7 Å². The number of carbonyl (C=O) groups is 1. The van der Waals surface area contributed by atoms with Crippen molar-refractivity contribution < 1.29 is 4.79 Å². The minimum atomic E-state index is -0.109. The summed E-state index contributed by atoms with van der Waals surface area (Å²) in [6.07, 6.45) is 1.70. The Morgan fingerprint density at radius 2 is 2.29 bits per heavy atom. The van der Waals surface area contributed by atoms with Gasteiger partial charge in [-0.3, -0.25) is 9.48 Å². The highest BCUT2D eigenvalue weighted by Gasteiger charge is 2.06. The number of aromatic nitrogens is 2. The molecule has 0 saturated carbocycles. The van der Waals surface area contributed by atoms with Crippen LogP contribution in [0.1, 0.15) is 16.1 Å². The standard InChI is InChI=1S/C12H13N3OS/c1-15-10(5-6-14-15)8-13-12(16)9-3-2-4-11(17)7-9/h2-7,17H,8H2,1H3,(H,13,16). The number of nitrogens with zero attached hydrogens (tertiary/aromatic N) is 2. The van der Waals surface area contributed by atoms with E-state index in [-0.39, 0.29) is 5.91 Å². The van der Waals surface area contributed by atoms with Crippen molar-refractivity contribution in [3.8, 4) is 0 Å². The van der Waals surface area contributed by atoms with E-state index in [4.69, 9.17) is 0 Å². The molecule has 2 aromatic rings. The summed E-state index contributed by atoms with van der Waals surface area (Å²) in [7, 11) is 1.84. The van der Waals surface area contributed by atoms with Crippen molar-refractivity contribution in [3.05, 3.63) is 47.8 Å². The first-order valence-corrected chi connectivity index (χ1v) is 5.65. The molecule has 0 aliphatic carbocycles. The maximum atomic E-state index is 11.8. The van der Waals surface area contributed by atoms with Crippen molar-refractivity contribution >= 4 is 18.5 Å². The smallest absolute Gasteiger partial charge is 0.251 e. The summed E-state index contributed by atoms with van der Waals surface area (Å²) in [6, 6.07) is 9.01. The third-order valence-corrected chi connectivity index (χ3v) is 2.74. The molecule has 2 rings (SSSR count). The normalized spacial score (nSPS) is 10.2. The molecule has 0 spiro atoms. The summed E-state index contributed by atoms with van der Waals surface area (Å²) in [4.78, 5) is 12.6. The van der Waals surface area contributed by atoms with Gasteiger partial charge in [0.15, 0.2) is 0 Å². The Morgan fingerprint density at radius 1 is 1.47 bits per heavy atom. The SMILES string of the molecule is Cn1nccc1CNC(=O)c1cccc(S)c1. The third kappa shape index (κ3) is 2.88. The zero-order valence-electron chi connectivity index (χ0n) is 9.42. The molecule has 1 heterocycles. The van der Waals surface area contributed by atoms with Crippen molar-refractivity contribution in [2.24, 2.45) is 7.05 Å². The van der Waals surface area contributed by atoms with Crippen molar-refractivity contribution in [2.45, 2.75) is 11.4 Å². The molecule has 1 aromatic heterocycles. The van der Waals surface area contributed by atoms with E-state index in [1.807, 2.05) is 19.2 Å². The quantitative estimate of drug-likeness (QED) is 0.810. The van der Waals surface area contributed by atoms with Gasteiger partial charge in [0.1, 0.15) is 0 Å². The van der Waals surface area contributed by atoms with Crippen LogP contribution in [0.4, 0.5) is 0 Å². The molecule has 88 valence electrons. The molecular formula is C12H13N3OS. The van der Waals surface area contributed by atoms with E-state index < -0.39 is 0 Å². The average Bonchev–Trinajstić information content (AvgIpc) is 2.72. The molecule has 0 fully saturated rings. The minimum Gasteiger partial charge on any atom is -0.346 e. The van der Waals surface area contributed by atoms with Gasteiger partial charge >= 0.3 is 0 Å². The Kier molecular flexibility index (Phi) is 3.49. The average molecular weight is 247 g/mol. The number of hydrogen-bond acceptors (Lipinski definition) is 3. The molecule has 1 N–H and O–H groups in total. The molecule has 1 amide bonds. The second-order valence-corrected chi connectivity index (χ2v) is 4.20. The van der Waals surface area contributed by atoms with Crippen LogP contribution in [-0.2, 0) is 13.6 Å². The van der Waals surface area contributed by atoms with Crippen LogP contribution in [0.25, 0.3) is 0 Å². The van der Waals surface area contributed by atoms with Crippen molar-refractivity contribution in [2.75, 3.05) is 0 Å². The van der Waals surface area contributed by atoms with Gasteiger partial charge in [-0.05, 0) is 24.3 Å². The summed E-state index contributed by atoms with van der Waals surface area (Å²) < 4.78 is 1.73.